The number of amides is 2. The molecule has 2 amide bonds. The fourth-order valence-corrected chi connectivity index (χ4v) is 7.28. The number of halogens is 1. The first kappa shape index (κ1) is 32.9. The number of nitrogens with one attached hydrogen (secondary N) is 1. The summed E-state index contributed by atoms with van der Waals surface area (Å²) in [6.07, 6.45) is 4.07. The molecule has 9 heteroatoms. The summed E-state index contributed by atoms with van der Waals surface area (Å²) in [4.78, 5) is 30.2. The van der Waals surface area contributed by atoms with E-state index in [1.165, 1.54) is 29.2 Å². The second-order valence-electron chi connectivity index (χ2n) is 11.9. The van der Waals surface area contributed by atoms with Gasteiger partial charge in [0.15, 0.2) is 0 Å². The molecule has 0 saturated heterocycles. The van der Waals surface area contributed by atoms with Crippen LogP contribution in [0.4, 0.5) is 10.1 Å². The van der Waals surface area contributed by atoms with Crippen LogP contribution in [0.3, 0.4) is 0 Å². The third-order valence-corrected chi connectivity index (χ3v) is 10.4. The van der Waals surface area contributed by atoms with Gasteiger partial charge in [0, 0.05) is 19.0 Å². The van der Waals surface area contributed by atoms with Crippen molar-refractivity contribution in [1.82, 2.24) is 10.2 Å². The Morgan fingerprint density at radius 1 is 0.848 bits per heavy atom. The quantitative estimate of drug-likeness (QED) is 0.196. The van der Waals surface area contributed by atoms with E-state index in [0.29, 0.717) is 0 Å². The average Bonchev–Trinajstić information content (AvgIpc) is 3.56. The Morgan fingerprint density at radius 3 is 2.13 bits per heavy atom. The normalized spacial score (nSPS) is 14.1. The molecule has 4 aromatic carbocycles. The van der Waals surface area contributed by atoms with Crippen molar-refractivity contribution in [1.29, 1.82) is 0 Å². The Morgan fingerprint density at radius 2 is 1.48 bits per heavy atom. The maximum absolute atomic E-state index is 14.6. The minimum absolute atomic E-state index is 0.000454. The van der Waals surface area contributed by atoms with Crippen molar-refractivity contribution in [2.24, 2.45) is 0 Å². The standard InChI is InChI=1S/C37H40FN3O4S/c1-27-16-22-34(23-17-27)46(44,45)41(33-20-18-31(38)19-21-33)26-36(42)40(25-30-13-7-6-10-28(30)2)35(24-29-11-4-3-5-12-29)37(43)39-32-14-8-9-15-32/h3-7,10-13,16-23,32,35H,8-9,14-15,24-26H2,1-2H3,(H,39,43)/t35-/m0/s1. The van der Waals surface area contributed by atoms with Crippen LogP contribution in [0.1, 0.15) is 47.9 Å². The van der Waals surface area contributed by atoms with Crippen LogP contribution in [0.2, 0.25) is 0 Å². The van der Waals surface area contributed by atoms with Crippen molar-refractivity contribution in [3.63, 3.8) is 0 Å². The Hall–Kier alpha value is -4.50. The van der Waals surface area contributed by atoms with E-state index in [1.807, 2.05) is 68.4 Å². The Bertz CT molecular complexity index is 1740. The SMILES string of the molecule is Cc1ccc(S(=O)(=O)N(CC(=O)N(Cc2ccccc2C)[C@@H](Cc2ccccc2)C(=O)NC2CCCC2)c2ccc(F)cc2)cc1. The number of aryl methyl sites for hydroxylation is 2. The van der Waals surface area contributed by atoms with E-state index in [1.54, 1.807) is 12.1 Å². The first-order valence-electron chi connectivity index (χ1n) is 15.6. The van der Waals surface area contributed by atoms with E-state index < -0.39 is 34.3 Å². The number of benzene rings is 4. The lowest BCUT2D eigenvalue weighted by Crippen LogP contribution is -2.54. The number of anilines is 1. The van der Waals surface area contributed by atoms with Crippen molar-refractivity contribution in [3.05, 3.63) is 131 Å². The number of sulfonamides is 1. The van der Waals surface area contributed by atoms with E-state index >= 15 is 0 Å². The summed E-state index contributed by atoms with van der Waals surface area (Å²) < 4.78 is 43.2. The highest BCUT2D eigenvalue weighted by Gasteiger charge is 2.35. The first-order chi connectivity index (χ1) is 22.1. The number of carbonyl (C=O) groups excluding carboxylic acids is 2. The Kier molecular flexibility index (Phi) is 10.5. The van der Waals surface area contributed by atoms with E-state index in [9.17, 15) is 22.4 Å². The summed E-state index contributed by atoms with van der Waals surface area (Å²) in [5.41, 5.74) is 3.68. The summed E-state index contributed by atoms with van der Waals surface area (Å²) in [6, 6.07) is 27.6. The van der Waals surface area contributed by atoms with Crippen LogP contribution < -0.4 is 9.62 Å². The molecule has 240 valence electrons. The van der Waals surface area contributed by atoms with Crippen molar-refractivity contribution in [2.75, 3.05) is 10.8 Å². The number of hydrogen-bond donors (Lipinski definition) is 1. The fraction of sp³-hybridized carbons (Fsp3) is 0.297. The molecule has 1 saturated carbocycles. The molecule has 0 bridgehead atoms. The largest absolute Gasteiger partial charge is 0.352 e. The van der Waals surface area contributed by atoms with Gasteiger partial charge in [0.05, 0.1) is 10.6 Å². The lowest BCUT2D eigenvalue weighted by atomic mass is 10.0. The van der Waals surface area contributed by atoms with Crippen LogP contribution in [0.25, 0.3) is 0 Å². The molecular formula is C37H40FN3O4S. The molecule has 1 fully saturated rings. The Balaban J connectivity index is 1.57. The molecule has 46 heavy (non-hydrogen) atoms. The van der Waals surface area contributed by atoms with E-state index in [2.05, 4.69) is 5.32 Å². The van der Waals surface area contributed by atoms with Crippen LogP contribution in [0.5, 0.6) is 0 Å². The Labute approximate surface area is 271 Å². The van der Waals surface area contributed by atoms with Gasteiger partial charge in [0.2, 0.25) is 11.8 Å². The van der Waals surface area contributed by atoms with Gasteiger partial charge in [-0.2, -0.15) is 0 Å². The lowest BCUT2D eigenvalue weighted by Gasteiger charge is -2.34. The topological polar surface area (TPSA) is 86.8 Å². The molecule has 0 radical (unpaired) electrons. The van der Waals surface area contributed by atoms with Crippen molar-refractivity contribution < 1.29 is 22.4 Å². The molecule has 0 aliphatic heterocycles. The second-order valence-corrected chi connectivity index (χ2v) is 13.8. The third kappa shape index (κ3) is 8.01. The van der Waals surface area contributed by atoms with Gasteiger partial charge in [-0.05, 0) is 79.8 Å². The van der Waals surface area contributed by atoms with E-state index in [4.69, 9.17) is 0 Å². The second kappa shape index (κ2) is 14.7. The molecule has 1 aliphatic carbocycles. The van der Waals surface area contributed by atoms with Gasteiger partial charge in [0.1, 0.15) is 18.4 Å². The van der Waals surface area contributed by atoms with E-state index in [0.717, 1.165) is 64.4 Å². The van der Waals surface area contributed by atoms with Gasteiger partial charge < -0.3 is 10.2 Å². The van der Waals surface area contributed by atoms with Crippen molar-refractivity contribution in [2.45, 2.75) is 69.5 Å². The van der Waals surface area contributed by atoms with Gasteiger partial charge in [-0.1, -0.05) is 85.1 Å². The molecular weight excluding hydrogens is 601 g/mol. The molecule has 1 aliphatic rings. The molecule has 0 aromatic heterocycles. The van der Waals surface area contributed by atoms with Gasteiger partial charge in [-0.15, -0.1) is 0 Å². The zero-order valence-electron chi connectivity index (χ0n) is 26.2. The molecule has 4 aromatic rings. The summed E-state index contributed by atoms with van der Waals surface area (Å²) in [7, 11) is -4.25. The molecule has 5 rings (SSSR count). The van der Waals surface area contributed by atoms with E-state index in [-0.39, 0.29) is 35.5 Å². The minimum Gasteiger partial charge on any atom is -0.352 e. The van der Waals surface area contributed by atoms with Crippen LogP contribution in [0.15, 0.2) is 108 Å². The van der Waals surface area contributed by atoms with Gasteiger partial charge >= 0.3 is 0 Å². The molecule has 0 unspecified atom stereocenters. The minimum atomic E-state index is -4.25. The highest BCUT2D eigenvalue weighted by atomic mass is 32.2. The fourth-order valence-electron chi connectivity index (χ4n) is 5.87. The van der Waals surface area contributed by atoms with Crippen LogP contribution >= 0.6 is 0 Å². The summed E-state index contributed by atoms with van der Waals surface area (Å²) in [6.45, 7) is 3.30. The maximum Gasteiger partial charge on any atom is 0.264 e. The number of rotatable bonds is 12. The summed E-state index contributed by atoms with van der Waals surface area (Å²) >= 11 is 0. The smallest absolute Gasteiger partial charge is 0.264 e. The van der Waals surface area contributed by atoms with Gasteiger partial charge in [-0.3, -0.25) is 13.9 Å². The molecule has 7 nitrogen and oxygen atoms in total. The van der Waals surface area contributed by atoms with Crippen LogP contribution in [-0.2, 0) is 32.6 Å². The lowest BCUT2D eigenvalue weighted by molar-refractivity contribution is -0.140. The van der Waals surface area contributed by atoms with Crippen molar-refractivity contribution >= 4 is 27.5 Å². The number of hydrogen-bond acceptors (Lipinski definition) is 4. The van der Waals surface area contributed by atoms with Crippen LogP contribution in [0, 0.1) is 19.7 Å². The highest BCUT2D eigenvalue weighted by Crippen LogP contribution is 2.26. The first-order valence-corrected chi connectivity index (χ1v) is 17.1. The molecule has 1 N–H and O–H groups in total. The van der Waals surface area contributed by atoms with Gasteiger partial charge in [0.25, 0.3) is 10.0 Å². The molecule has 0 spiro atoms. The molecule has 1 atom stereocenters. The highest BCUT2D eigenvalue weighted by molar-refractivity contribution is 7.92. The van der Waals surface area contributed by atoms with Crippen molar-refractivity contribution in [3.8, 4) is 0 Å². The van der Waals surface area contributed by atoms with Crippen LogP contribution in [-0.4, -0.2) is 43.8 Å². The zero-order chi connectivity index (χ0) is 32.7. The monoisotopic (exact) mass is 641 g/mol. The maximum atomic E-state index is 14.6. The summed E-state index contributed by atoms with van der Waals surface area (Å²) in [5, 5.41) is 3.18. The van der Waals surface area contributed by atoms with Gasteiger partial charge in [-0.25, -0.2) is 12.8 Å². The molecule has 0 heterocycles. The zero-order valence-corrected chi connectivity index (χ0v) is 27.0. The average molecular weight is 642 g/mol. The summed E-state index contributed by atoms with van der Waals surface area (Å²) in [5.74, 6) is -1.35. The number of carbonyl (C=O) groups is 2. The third-order valence-electron chi connectivity index (χ3n) is 8.58. The number of nitrogens with zero attached hydrogens (tertiary/aromatic N) is 2. The predicted molar refractivity (Wildman–Crippen MR) is 178 cm³/mol. The predicted octanol–water partition coefficient (Wildman–Crippen LogP) is 6.34.